The number of benzene rings is 1. The number of non-ortho nitro benzene ring substituents is 1. The molecule has 1 aromatic carbocycles. The van der Waals surface area contributed by atoms with Crippen LogP contribution in [0.2, 0.25) is 0 Å². The fourth-order valence-electron chi connectivity index (χ4n) is 3.80. The van der Waals surface area contributed by atoms with Crippen molar-refractivity contribution < 1.29 is 18.8 Å². The van der Waals surface area contributed by atoms with Gasteiger partial charge in [-0.05, 0) is 42.5 Å². The highest BCUT2D eigenvalue weighted by Crippen LogP contribution is 2.41. The van der Waals surface area contributed by atoms with Crippen LogP contribution in [0.3, 0.4) is 0 Å². The van der Waals surface area contributed by atoms with Crippen LogP contribution in [0.15, 0.2) is 59.1 Å². The van der Waals surface area contributed by atoms with Crippen LogP contribution in [0, 0.1) is 10.1 Å². The Morgan fingerprint density at radius 3 is 2.78 bits per heavy atom. The lowest BCUT2D eigenvalue weighted by atomic mass is 10.0. The third-order valence-electron chi connectivity index (χ3n) is 5.31. The number of rotatable bonds is 8. The van der Waals surface area contributed by atoms with Crippen molar-refractivity contribution in [1.29, 1.82) is 0 Å². The number of thiocarbonyl (C=S) groups is 1. The Labute approximate surface area is 190 Å². The molecule has 0 spiro atoms. The van der Waals surface area contributed by atoms with E-state index in [0.717, 1.165) is 5.69 Å². The Kier molecular flexibility index (Phi) is 6.33. The van der Waals surface area contributed by atoms with E-state index in [9.17, 15) is 10.1 Å². The van der Waals surface area contributed by atoms with E-state index in [4.69, 9.17) is 26.1 Å². The fraction of sp³-hybridized carbons (Fsp3) is 0.273. The molecule has 2 aromatic heterocycles. The van der Waals surface area contributed by atoms with Crippen molar-refractivity contribution in [3.8, 4) is 17.1 Å². The second-order valence-electron chi connectivity index (χ2n) is 7.16. The largest absolute Gasteiger partial charge is 0.496 e. The first kappa shape index (κ1) is 21.7. The third kappa shape index (κ3) is 4.14. The van der Waals surface area contributed by atoms with Crippen molar-refractivity contribution in [2.24, 2.45) is 0 Å². The zero-order valence-corrected chi connectivity index (χ0v) is 18.4. The molecular formula is C22H22N4O5S. The summed E-state index contributed by atoms with van der Waals surface area (Å²) in [4.78, 5) is 17.2. The number of hydrogen-bond donors (Lipinski definition) is 1. The molecule has 9 nitrogen and oxygen atoms in total. The minimum absolute atomic E-state index is 0.0521. The van der Waals surface area contributed by atoms with Gasteiger partial charge in [-0.15, -0.1) is 0 Å². The summed E-state index contributed by atoms with van der Waals surface area (Å²) in [6.07, 6.45) is 1.74. The molecule has 1 aliphatic rings. The van der Waals surface area contributed by atoms with Crippen molar-refractivity contribution in [2.75, 3.05) is 27.4 Å². The van der Waals surface area contributed by atoms with Crippen molar-refractivity contribution >= 4 is 23.0 Å². The summed E-state index contributed by atoms with van der Waals surface area (Å²) < 4.78 is 16.9. The second-order valence-corrected chi connectivity index (χ2v) is 7.54. The van der Waals surface area contributed by atoms with E-state index in [1.165, 1.54) is 19.2 Å². The molecule has 1 aliphatic heterocycles. The van der Waals surface area contributed by atoms with Crippen LogP contribution in [0.5, 0.6) is 5.75 Å². The number of nitro benzene ring substituents is 1. The lowest BCUT2D eigenvalue weighted by Gasteiger charge is -2.25. The lowest BCUT2D eigenvalue weighted by molar-refractivity contribution is -0.384. The molecule has 1 fully saturated rings. The molecule has 0 amide bonds. The molecule has 0 radical (unpaired) electrons. The highest BCUT2D eigenvalue weighted by atomic mass is 32.1. The molecule has 32 heavy (non-hydrogen) atoms. The number of nitrogens with one attached hydrogen (secondary N) is 1. The first-order valence-electron chi connectivity index (χ1n) is 9.93. The highest BCUT2D eigenvalue weighted by molar-refractivity contribution is 7.80. The number of nitro groups is 1. The summed E-state index contributed by atoms with van der Waals surface area (Å²) >= 11 is 5.59. The molecule has 0 unspecified atom stereocenters. The van der Waals surface area contributed by atoms with E-state index in [2.05, 4.69) is 10.3 Å². The molecule has 4 rings (SSSR count). The number of nitrogens with zero attached hydrogens (tertiary/aromatic N) is 3. The number of hydrogen-bond acceptors (Lipinski definition) is 7. The molecule has 1 saturated heterocycles. The van der Waals surface area contributed by atoms with E-state index in [1.807, 2.05) is 35.2 Å². The smallest absolute Gasteiger partial charge is 0.273 e. The van der Waals surface area contributed by atoms with E-state index in [-0.39, 0.29) is 17.8 Å². The van der Waals surface area contributed by atoms with E-state index in [0.29, 0.717) is 41.1 Å². The maximum absolute atomic E-state index is 11.1. The molecular weight excluding hydrogens is 432 g/mol. The van der Waals surface area contributed by atoms with Crippen molar-refractivity contribution in [2.45, 2.75) is 12.1 Å². The zero-order valence-electron chi connectivity index (χ0n) is 17.6. The number of methoxy groups -OCH3 is 2. The van der Waals surface area contributed by atoms with E-state index in [1.54, 1.807) is 19.4 Å². The predicted molar refractivity (Wildman–Crippen MR) is 121 cm³/mol. The quantitative estimate of drug-likeness (QED) is 0.308. The van der Waals surface area contributed by atoms with Gasteiger partial charge in [0.25, 0.3) is 5.69 Å². The van der Waals surface area contributed by atoms with Gasteiger partial charge in [0.2, 0.25) is 0 Å². The minimum atomic E-state index is -0.462. The maximum Gasteiger partial charge on any atom is 0.273 e. The van der Waals surface area contributed by atoms with Gasteiger partial charge in [-0.25, -0.2) is 0 Å². The third-order valence-corrected chi connectivity index (χ3v) is 5.67. The monoisotopic (exact) mass is 454 g/mol. The Bertz CT molecular complexity index is 1120. The normalized spacial score (nSPS) is 17.9. The van der Waals surface area contributed by atoms with E-state index >= 15 is 0 Å². The molecule has 0 aliphatic carbocycles. The zero-order chi connectivity index (χ0) is 22.7. The van der Waals surface area contributed by atoms with Gasteiger partial charge in [0.1, 0.15) is 23.3 Å². The average molecular weight is 455 g/mol. The van der Waals surface area contributed by atoms with Crippen molar-refractivity contribution in [3.05, 3.63) is 76.3 Å². The van der Waals surface area contributed by atoms with Gasteiger partial charge >= 0.3 is 0 Å². The van der Waals surface area contributed by atoms with Crippen LogP contribution < -0.4 is 10.1 Å². The minimum Gasteiger partial charge on any atom is -0.496 e. The molecule has 0 saturated carbocycles. The fourth-order valence-corrected chi connectivity index (χ4v) is 4.13. The summed E-state index contributed by atoms with van der Waals surface area (Å²) in [6, 6.07) is 13.4. The van der Waals surface area contributed by atoms with Crippen molar-refractivity contribution in [1.82, 2.24) is 15.2 Å². The summed E-state index contributed by atoms with van der Waals surface area (Å²) in [6.45, 7) is 1.07. The van der Waals surface area contributed by atoms with Gasteiger partial charge in [-0.3, -0.25) is 15.1 Å². The standard InChI is InChI=1S/C22H22N4O5S/c1-29-12-11-25-21(20(24-22(25)32)16-5-3-4-10-23-16)18-9-8-17(31-18)15-7-6-14(26(27)28)13-19(15)30-2/h3-10,13,20-21H,11-12H2,1-2H3,(H,24,32)/t20-,21-/m0/s1. The topological polar surface area (TPSA) is 103 Å². The summed E-state index contributed by atoms with van der Waals surface area (Å²) in [5, 5.41) is 15.0. The Morgan fingerprint density at radius 2 is 2.09 bits per heavy atom. The lowest BCUT2D eigenvalue weighted by Crippen LogP contribution is -2.32. The first-order chi connectivity index (χ1) is 15.5. The van der Waals surface area contributed by atoms with Gasteiger partial charge in [0.15, 0.2) is 5.11 Å². The van der Waals surface area contributed by atoms with Crippen LogP contribution in [0.25, 0.3) is 11.3 Å². The first-order valence-corrected chi connectivity index (χ1v) is 10.3. The molecule has 3 heterocycles. The predicted octanol–water partition coefficient (Wildman–Crippen LogP) is 3.88. The average Bonchev–Trinajstić information content (AvgIpc) is 3.42. The molecule has 3 aromatic rings. The number of pyridine rings is 1. The maximum atomic E-state index is 11.1. The van der Waals surface area contributed by atoms with Gasteiger partial charge in [-0.1, -0.05) is 6.07 Å². The number of ether oxygens (including phenoxy) is 2. The summed E-state index contributed by atoms with van der Waals surface area (Å²) in [5.74, 6) is 1.58. The van der Waals surface area contributed by atoms with Crippen LogP contribution in [-0.4, -0.2) is 47.3 Å². The van der Waals surface area contributed by atoms with Crippen LogP contribution >= 0.6 is 12.2 Å². The molecule has 0 bridgehead atoms. The van der Waals surface area contributed by atoms with Crippen LogP contribution in [-0.2, 0) is 4.74 Å². The molecule has 2 atom stereocenters. The van der Waals surface area contributed by atoms with E-state index < -0.39 is 4.92 Å². The Morgan fingerprint density at radius 1 is 1.25 bits per heavy atom. The SMILES string of the molecule is COCCN1C(=S)N[C@@H](c2ccccn2)[C@@H]1c1ccc(-c2ccc([N+](=O)[O-])cc2OC)o1. The van der Waals surface area contributed by atoms with Gasteiger partial charge in [-0.2, -0.15) is 0 Å². The highest BCUT2D eigenvalue weighted by Gasteiger charge is 2.41. The number of aromatic nitrogens is 1. The van der Waals surface area contributed by atoms with Gasteiger partial charge in [0, 0.05) is 25.9 Å². The summed E-state index contributed by atoms with van der Waals surface area (Å²) in [7, 11) is 3.11. The Hall–Kier alpha value is -3.50. The van der Waals surface area contributed by atoms with Crippen LogP contribution in [0.4, 0.5) is 5.69 Å². The summed E-state index contributed by atoms with van der Waals surface area (Å²) in [5.41, 5.74) is 1.41. The molecule has 1 N–H and O–H groups in total. The number of furan rings is 1. The van der Waals surface area contributed by atoms with Crippen molar-refractivity contribution in [3.63, 3.8) is 0 Å². The molecule has 166 valence electrons. The van der Waals surface area contributed by atoms with Crippen LogP contribution in [0.1, 0.15) is 23.5 Å². The van der Waals surface area contributed by atoms with Gasteiger partial charge < -0.3 is 24.1 Å². The Balaban J connectivity index is 1.72. The molecule has 10 heteroatoms. The second kappa shape index (κ2) is 9.33. The van der Waals surface area contributed by atoms with Gasteiger partial charge in [0.05, 0.1) is 42.0 Å².